The largest absolute Gasteiger partial charge is 0.507 e. The molecule has 0 saturated carbocycles. The third-order valence-electron chi connectivity index (χ3n) is 3.30. The number of hydrogen-bond donors (Lipinski definition) is 1. The maximum atomic E-state index is 11.1. The van der Waals surface area contributed by atoms with E-state index in [9.17, 15) is 9.90 Å². The van der Waals surface area contributed by atoms with Crippen LogP contribution < -0.4 is 4.74 Å². The molecule has 0 heterocycles. The SMILES string of the molecule is CC(C)(C)c1cc(OCc2ccccc2)cc(C=O)c1O. The third-order valence-corrected chi connectivity index (χ3v) is 3.30. The molecule has 0 bridgehead atoms. The van der Waals surface area contributed by atoms with E-state index in [1.165, 1.54) is 0 Å². The zero-order valence-electron chi connectivity index (χ0n) is 12.6. The first kappa shape index (κ1) is 15.1. The van der Waals surface area contributed by atoms with Crippen molar-refractivity contribution in [2.45, 2.75) is 32.8 Å². The Kier molecular flexibility index (Phi) is 4.32. The molecule has 2 aromatic carbocycles. The van der Waals surface area contributed by atoms with Crippen LogP contribution in [0.1, 0.15) is 42.3 Å². The van der Waals surface area contributed by atoms with Crippen molar-refractivity contribution in [1.82, 2.24) is 0 Å². The van der Waals surface area contributed by atoms with Crippen LogP contribution in [0.3, 0.4) is 0 Å². The predicted octanol–water partition coefficient (Wildman–Crippen LogP) is 4.08. The second-order valence-electron chi connectivity index (χ2n) is 6.05. The molecule has 0 radical (unpaired) electrons. The zero-order valence-corrected chi connectivity index (χ0v) is 12.6. The molecular formula is C18H20O3. The van der Waals surface area contributed by atoms with E-state index in [4.69, 9.17) is 4.74 Å². The maximum absolute atomic E-state index is 11.1. The van der Waals surface area contributed by atoms with Gasteiger partial charge in [0, 0.05) is 5.56 Å². The van der Waals surface area contributed by atoms with Gasteiger partial charge in [-0.15, -0.1) is 0 Å². The van der Waals surface area contributed by atoms with E-state index < -0.39 is 0 Å². The third kappa shape index (κ3) is 3.63. The number of ether oxygens (including phenoxy) is 1. The summed E-state index contributed by atoms with van der Waals surface area (Å²) in [5, 5.41) is 10.1. The van der Waals surface area contributed by atoms with Crippen LogP contribution in [0, 0.1) is 0 Å². The van der Waals surface area contributed by atoms with Gasteiger partial charge in [-0.3, -0.25) is 4.79 Å². The van der Waals surface area contributed by atoms with E-state index in [1.807, 2.05) is 51.1 Å². The van der Waals surface area contributed by atoms with Crippen LogP contribution in [0.2, 0.25) is 0 Å². The second kappa shape index (κ2) is 6.00. The molecule has 0 aliphatic carbocycles. The quantitative estimate of drug-likeness (QED) is 0.860. The molecule has 0 saturated heterocycles. The number of phenolic OH excluding ortho intramolecular Hbond substituents is 1. The van der Waals surface area contributed by atoms with Crippen molar-refractivity contribution in [3.05, 3.63) is 59.2 Å². The van der Waals surface area contributed by atoms with Crippen molar-refractivity contribution < 1.29 is 14.6 Å². The van der Waals surface area contributed by atoms with Crippen molar-refractivity contribution in [2.24, 2.45) is 0 Å². The molecule has 0 amide bonds. The lowest BCUT2D eigenvalue weighted by Crippen LogP contribution is -2.12. The summed E-state index contributed by atoms with van der Waals surface area (Å²) in [6.45, 7) is 6.38. The molecule has 0 aromatic heterocycles. The molecule has 0 aliphatic rings. The smallest absolute Gasteiger partial charge is 0.153 e. The first-order chi connectivity index (χ1) is 9.91. The van der Waals surface area contributed by atoms with Gasteiger partial charge in [-0.1, -0.05) is 51.1 Å². The average Bonchev–Trinajstić information content (AvgIpc) is 2.46. The molecule has 3 nitrogen and oxygen atoms in total. The number of rotatable bonds is 4. The second-order valence-corrected chi connectivity index (χ2v) is 6.05. The summed E-state index contributed by atoms with van der Waals surface area (Å²) >= 11 is 0. The maximum Gasteiger partial charge on any atom is 0.153 e. The highest BCUT2D eigenvalue weighted by Gasteiger charge is 2.21. The summed E-state index contributed by atoms with van der Waals surface area (Å²) < 4.78 is 5.76. The van der Waals surface area contributed by atoms with Crippen LogP contribution >= 0.6 is 0 Å². The van der Waals surface area contributed by atoms with Crippen LogP contribution in [0.25, 0.3) is 0 Å². The molecule has 0 aliphatic heterocycles. The fourth-order valence-corrected chi connectivity index (χ4v) is 2.12. The summed E-state index contributed by atoms with van der Waals surface area (Å²) in [6, 6.07) is 13.2. The highest BCUT2D eigenvalue weighted by atomic mass is 16.5. The number of benzene rings is 2. The van der Waals surface area contributed by atoms with Gasteiger partial charge in [0.25, 0.3) is 0 Å². The Morgan fingerprint density at radius 3 is 2.38 bits per heavy atom. The standard InChI is InChI=1S/C18H20O3/c1-18(2,3)16-10-15(9-14(11-19)17(16)20)21-12-13-7-5-4-6-8-13/h4-11,20H,12H2,1-3H3. The average molecular weight is 284 g/mol. The summed E-state index contributed by atoms with van der Waals surface area (Å²) in [4.78, 5) is 11.1. The van der Waals surface area contributed by atoms with Crippen LogP contribution in [-0.4, -0.2) is 11.4 Å². The van der Waals surface area contributed by atoms with E-state index in [0.717, 1.165) is 5.56 Å². The molecule has 2 aromatic rings. The Labute approximate surface area is 125 Å². The van der Waals surface area contributed by atoms with E-state index >= 15 is 0 Å². The van der Waals surface area contributed by atoms with E-state index in [1.54, 1.807) is 12.1 Å². The Hall–Kier alpha value is -2.29. The molecular weight excluding hydrogens is 264 g/mol. The van der Waals surface area contributed by atoms with Crippen LogP contribution in [0.5, 0.6) is 11.5 Å². The van der Waals surface area contributed by atoms with Crippen molar-refractivity contribution in [3.8, 4) is 11.5 Å². The molecule has 3 heteroatoms. The number of carbonyl (C=O) groups is 1. The normalized spacial score (nSPS) is 11.2. The van der Waals surface area contributed by atoms with Gasteiger partial charge in [-0.25, -0.2) is 0 Å². The zero-order chi connectivity index (χ0) is 15.5. The molecule has 0 unspecified atom stereocenters. The summed E-state index contributed by atoms with van der Waals surface area (Å²) in [5.74, 6) is 0.619. The number of carbonyl (C=O) groups excluding carboxylic acids is 1. The van der Waals surface area contributed by atoms with Crippen molar-refractivity contribution in [2.75, 3.05) is 0 Å². The molecule has 110 valence electrons. The Bertz CT molecular complexity index is 625. The van der Waals surface area contributed by atoms with Gasteiger partial charge in [-0.05, 0) is 23.1 Å². The lowest BCUT2D eigenvalue weighted by atomic mass is 9.85. The van der Waals surface area contributed by atoms with Gasteiger partial charge >= 0.3 is 0 Å². The molecule has 0 fully saturated rings. The molecule has 0 atom stereocenters. The predicted molar refractivity (Wildman–Crippen MR) is 83.0 cm³/mol. The first-order valence-electron chi connectivity index (χ1n) is 6.91. The van der Waals surface area contributed by atoms with E-state index in [2.05, 4.69) is 0 Å². The first-order valence-corrected chi connectivity index (χ1v) is 6.91. The minimum Gasteiger partial charge on any atom is -0.507 e. The minimum absolute atomic E-state index is 0.0320. The van der Waals surface area contributed by atoms with E-state index in [0.29, 0.717) is 24.2 Å². The molecule has 0 spiro atoms. The lowest BCUT2D eigenvalue weighted by Gasteiger charge is -2.22. The van der Waals surface area contributed by atoms with Crippen molar-refractivity contribution >= 4 is 6.29 Å². The highest BCUT2D eigenvalue weighted by Crippen LogP contribution is 2.36. The van der Waals surface area contributed by atoms with Crippen LogP contribution in [-0.2, 0) is 12.0 Å². The van der Waals surface area contributed by atoms with Gasteiger partial charge in [0.05, 0.1) is 5.56 Å². The number of phenols is 1. The Morgan fingerprint density at radius 2 is 1.81 bits per heavy atom. The van der Waals surface area contributed by atoms with Crippen molar-refractivity contribution in [3.63, 3.8) is 0 Å². The Balaban J connectivity index is 2.30. The number of aromatic hydroxyl groups is 1. The minimum atomic E-state index is -0.270. The molecule has 2 rings (SSSR count). The van der Waals surface area contributed by atoms with Gasteiger partial charge in [-0.2, -0.15) is 0 Å². The van der Waals surface area contributed by atoms with Gasteiger partial charge in [0.15, 0.2) is 6.29 Å². The highest BCUT2D eigenvalue weighted by molar-refractivity contribution is 5.81. The van der Waals surface area contributed by atoms with E-state index in [-0.39, 0.29) is 16.7 Å². The van der Waals surface area contributed by atoms with Gasteiger partial charge < -0.3 is 9.84 Å². The summed E-state index contributed by atoms with van der Waals surface area (Å²) in [6.07, 6.45) is 0.653. The van der Waals surface area contributed by atoms with Gasteiger partial charge in [0.1, 0.15) is 18.1 Å². The lowest BCUT2D eigenvalue weighted by molar-refractivity contribution is 0.112. The van der Waals surface area contributed by atoms with Crippen LogP contribution in [0.4, 0.5) is 0 Å². The van der Waals surface area contributed by atoms with Crippen molar-refractivity contribution in [1.29, 1.82) is 0 Å². The summed E-state index contributed by atoms with van der Waals surface area (Å²) in [5.41, 5.74) is 1.74. The van der Waals surface area contributed by atoms with Gasteiger partial charge in [0.2, 0.25) is 0 Å². The fraction of sp³-hybridized carbons (Fsp3) is 0.278. The Morgan fingerprint density at radius 1 is 1.14 bits per heavy atom. The number of aldehydes is 1. The molecule has 1 N–H and O–H groups in total. The number of hydrogen-bond acceptors (Lipinski definition) is 3. The fourth-order valence-electron chi connectivity index (χ4n) is 2.12. The monoisotopic (exact) mass is 284 g/mol. The van der Waals surface area contributed by atoms with Crippen LogP contribution in [0.15, 0.2) is 42.5 Å². The topological polar surface area (TPSA) is 46.5 Å². The summed E-state index contributed by atoms with van der Waals surface area (Å²) in [7, 11) is 0. The molecule has 21 heavy (non-hydrogen) atoms.